The number of aryl methyl sites for hydroxylation is 1. The molecule has 1 atom stereocenters. The molecule has 0 aliphatic rings. The van der Waals surface area contributed by atoms with Crippen LogP contribution in [-0.4, -0.2) is 14.7 Å². The molecule has 2 rings (SSSR count). The number of hydrogen-bond donors (Lipinski definition) is 1. The lowest BCUT2D eigenvalue weighted by Crippen LogP contribution is -2.09. The van der Waals surface area contributed by atoms with Crippen molar-refractivity contribution in [3.8, 4) is 0 Å². The maximum absolute atomic E-state index is 13.4. The molecule has 3 nitrogen and oxygen atoms in total. The number of rotatable bonds is 3. The van der Waals surface area contributed by atoms with Crippen molar-refractivity contribution < 1.29 is 9.50 Å². The second kappa shape index (κ2) is 4.45. The van der Waals surface area contributed by atoms with Gasteiger partial charge < -0.3 is 9.67 Å². The van der Waals surface area contributed by atoms with Crippen LogP contribution < -0.4 is 0 Å². The van der Waals surface area contributed by atoms with Crippen LogP contribution in [-0.2, 0) is 13.5 Å². The molecule has 1 aromatic heterocycles. The molecule has 0 amide bonds. The zero-order valence-electron chi connectivity index (χ0n) is 8.97. The van der Waals surface area contributed by atoms with Gasteiger partial charge in [0.25, 0.3) is 0 Å². The van der Waals surface area contributed by atoms with Crippen LogP contribution >= 0.6 is 0 Å². The molecule has 0 radical (unpaired) electrons. The summed E-state index contributed by atoms with van der Waals surface area (Å²) in [5, 5.41) is 9.92. The third-order valence-corrected chi connectivity index (χ3v) is 2.53. The predicted molar refractivity (Wildman–Crippen MR) is 58.3 cm³/mol. The number of aromatic nitrogens is 2. The van der Waals surface area contributed by atoms with Gasteiger partial charge in [0.05, 0.1) is 0 Å². The average Bonchev–Trinajstić information content (AvgIpc) is 2.68. The molecule has 0 spiro atoms. The van der Waals surface area contributed by atoms with E-state index in [9.17, 15) is 9.50 Å². The number of halogens is 1. The molecule has 0 aliphatic carbocycles. The van der Waals surface area contributed by atoms with Crippen LogP contribution in [0.25, 0.3) is 0 Å². The zero-order valence-corrected chi connectivity index (χ0v) is 8.97. The Bertz CT molecular complexity index is 481. The highest BCUT2D eigenvalue weighted by Gasteiger charge is 2.14. The molecule has 0 bridgehead atoms. The summed E-state index contributed by atoms with van der Waals surface area (Å²) < 4.78 is 15.1. The predicted octanol–water partition coefficient (Wildman–Crippen LogP) is 1.84. The Morgan fingerprint density at radius 3 is 2.81 bits per heavy atom. The van der Waals surface area contributed by atoms with Gasteiger partial charge in [-0.25, -0.2) is 9.37 Å². The van der Waals surface area contributed by atoms with Gasteiger partial charge in [0.1, 0.15) is 17.7 Å². The molecular weight excluding hydrogens is 207 g/mol. The third kappa shape index (κ3) is 2.12. The second-order valence-electron chi connectivity index (χ2n) is 3.71. The maximum atomic E-state index is 13.4. The van der Waals surface area contributed by atoms with E-state index in [1.807, 2.05) is 0 Å². The highest BCUT2D eigenvalue weighted by atomic mass is 19.1. The van der Waals surface area contributed by atoms with Crippen LogP contribution in [0.2, 0.25) is 0 Å². The summed E-state index contributed by atoms with van der Waals surface area (Å²) in [4.78, 5) is 4.03. The molecule has 1 N–H and O–H groups in total. The molecule has 2 aromatic rings. The molecule has 16 heavy (non-hydrogen) atoms. The van der Waals surface area contributed by atoms with Crippen molar-refractivity contribution in [1.82, 2.24) is 9.55 Å². The van der Waals surface area contributed by atoms with Crippen molar-refractivity contribution in [2.45, 2.75) is 12.5 Å². The lowest BCUT2D eigenvalue weighted by molar-refractivity contribution is 0.164. The van der Waals surface area contributed by atoms with Gasteiger partial charge in [-0.3, -0.25) is 0 Å². The Morgan fingerprint density at radius 1 is 1.44 bits per heavy atom. The largest absolute Gasteiger partial charge is 0.385 e. The molecule has 0 fully saturated rings. The van der Waals surface area contributed by atoms with Crippen molar-refractivity contribution >= 4 is 0 Å². The van der Waals surface area contributed by atoms with E-state index in [2.05, 4.69) is 4.98 Å². The first-order valence-corrected chi connectivity index (χ1v) is 5.07. The first-order chi connectivity index (χ1) is 7.68. The minimum absolute atomic E-state index is 0.234. The summed E-state index contributed by atoms with van der Waals surface area (Å²) in [6.45, 7) is 0. The second-order valence-corrected chi connectivity index (χ2v) is 3.71. The zero-order chi connectivity index (χ0) is 11.5. The fourth-order valence-electron chi connectivity index (χ4n) is 1.66. The smallest absolute Gasteiger partial charge is 0.137 e. The first-order valence-electron chi connectivity index (χ1n) is 5.07. The molecule has 0 aliphatic heterocycles. The molecule has 0 saturated carbocycles. The van der Waals surface area contributed by atoms with E-state index < -0.39 is 6.10 Å². The van der Waals surface area contributed by atoms with E-state index in [1.54, 1.807) is 42.2 Å². The summed E-state index contributed by atoms with van der Waals surface area (Å²) in [7, 11) is 1.80. The van der Waals surface area contributed by atoms with Crippen molar-refractivity contribution in [1.29, 1.82) is 0 Å². The summed E-state index contributed by atoms with van der Waals surface area (Å²) in [5.74, 6) is 0.249. The van der Waals surface area contributed by atoms with E-state index in [0.29, 0.717) is 11.4 Å². The number of imidazole rings is 1. The van der Waals surface area contributed by atoms with Gasteiger partial charge in [-0.05, 0) is 11.6 Å². The van der Waals surface area contributed by atoms with Gasteiger partial charge in [-0.2, -0.15) is 0 Å². The van der Waals surface area contributed by atoms with Crippen LogP contribution in [0.4, 0.5) is 4.39 Å². The van der Waals surface area contributed by atoms with Crippen LogP contribution in [0.15, 0.2) is 36.7 Å². The molecular formula is C12H13FN2O. The Labute approximate surface area is 93.2 Å². The van der Waals surface area contributed by atoms with Gasteiger partial charge in [-0.1, -0.05) is 18.2 Å². The highest BCUT2D eigenvalue weighted by molar-refractivity contribution is 5.19. The number of hydrogen-bond acceptors (Lipinski definition) is 2. The van der Waals surface area contributed by atoms with Gasteiger partial charge in [0, 0.05) is 25.9 Å². The number of aliphatic hydroxyl groups excluding tert-OH is 1. The highest BCUT2D eigenvalue weighted by Crippen LogP contribution is 2.18. The van der Waals surface area contributed by atoms with E-state index >= 15 is 0 Å². The van der Waals surface area contributed by atoms with Gasteiger partial charge >= 0.3 is 0 Å². The Morgan fingerprint density at radius 2 is 2.19 bits per heavy atom. The van der Waals surface area contributed by atoms with Crippen LogP contribution in [0, 0.1) is 5.82 Å². The van der Waals surface area contributed by atoms with Gasteiger partial charge in [-0.15, -0.1) is 0 Å². The van der Waals surface area contributed by atoms with Crippen molar-refractivity contribution in [2.75, 3.05) is 0 Å². The lowest BCUT2D eigenvalue weighted by Gasteiger charge is -2.10. The van der Waals surface area contributed by atoms with Crippen LogP contribution in [0.1, 0.15) is 17.5 Å². The first kappa shape index (κ1) is 10.8. The summed E-state index contributed by atoms with van der Waals surface area (Å²) in [5.41, 5.74) is 0.498. The number of benzene rings is 1. The van der Waals surface area contributed by atoms with E-state index in [1.165, 1.54) is 6.07 Å². The lowest BCUT2D eigenvalue weighted by atomic mass is 10.1. The normalized spacial score (nSPS) is 12.7. The number of aliphatic hydroxyl groups is 1. The van der Waals surface area contributed by atoms with E-state index in [4.69, 9.17) is 0 Å². The van der Waals surface area contributed by atoms with E-state index in [0.717, 1.165) is 0 Å². The monoisotopic (exact) mass is 220 g/mol. The minimum Gasteiger partial charge on any atom is -0.385 e. The molecule has 1 unspecified atom stereocenters. The van der Waals surface area contributed by atoms with Crippen LogP contribution in [0.3, 0.4) is 0 Å². The molecule has 84 valence electrons. The molecule has 4 heteroatoms. The van der Waals surface area contributed by atoms with Gasteiger partial charge in [0.15, 0.2) is 0 Å². The standard InChI is InChI=1S/C12H13FN2O/c1-15-7-6-14-12(15)11(16)8-9-4-2-3-5-10(9)13/h2-7,11,16H,8H2,1H3. The third-order valence-electron chi connectivity index (χ3n) is 2.53. The Kier molecular flexibility index (Phi) is 3.01. The summed E-state index contributed by atoms with van der Waals surface area (Å²) in [6, 6.07) is 6.44. The fraction of sp³-hybridized carbons (Fsp3) is 0.250. The quantitative estimate of drug-likeness (QED) is 0.857. The minimum atomic E-state index is -0.781. The van der Waals surface area contributed by atoms with Crippen molar-refractivity contribution in [3.05, 3.63) is 53.9 Å². The topological polar surface area (TPSA) is 38.0 Å². The maximum Gasteiger partial charge on any atom is 0.137 e. The Hall–Kier alpha value is -1.68. The summed E-state index contributed by atoms with van der Waals surface area (Å²) >= 11 is 0. The van der Waals surface area contributed by atoms with Crippen molar-refractivity contribution in [3.63, 3.8) is 0 Å². The average molecular weight is 220 g/mol. The van der Waals surface area contributed by atoms with E-state index in [-0.39, 0.29) is 12.2 Å². The molecule has 0 saturated heterocycles. The van der Waals surface area contributed by atoms with Crippen molar-refractivity contribution in [2.24, 2.45) is 7.05 Å². The Balaban J connectivity index is 2.17. The fourth-order valence-corrected chi connectivity index (χ4v) is 1.66. The van der Waals surface area contributed by atoms with Gasteiger partial charge in [0.2, 0.25) is 0 Å². The SMILES string of the molecule is Cn1ccnc1C(O)Cc1ccccc1F. The molecule has 1 heterocycles. The van der Waals surface area contributed by atoms with Crippen LogP contribution in [0.5, 0.6) is 0 Å². The summed E-state index contributed by atoms with van der Waals surface area (Å²) in [6.07, 6.45) is 2.81. The molecule has 1 aromatic carbocycles. The number of nitrogens with zero attached hydrogens (tertiary/aromatic N) is 2.